The SMILES string of the molecule is CCOC(=O)c1nc(S(=O)(=O)N(C)[C@H](C)CO)c2ccccn12. The summed E-state index contributed by atoms with van der Waals surface area (Å²) in [4.78, 5) is 16.0. The van der Waals surface area contributed by atoms with Gasteiger partial charge in [-0.3, -0.25) is 4.40 Å². The molecule has 2 heterocycles. The molecule has 2 rings (SSSR count). The van der Waals surface area contributed by atoms with Gasteiger partial charge in [-0.05, 0) is 26.0 Å². The smallest absolute Gasteiger partial charge is 0.374 e. The Balaban J connectivity index is 2.64. The summed E-state index contributed by atoms with van der Waals surface area (Å²) in [5, 5.41) is 8.94. The van der Waals surface area contributed by atoms with Crippen LogP contribution in [0.1, 0.15) is 24.5 Å². The zero-order valence-corrected chi connectivity index (χ0v) is 13.9. The Bertz CT molecular complexity index is 815. The molecule has 0 aliphatic carbocycles. The van der Waals surface area contributed by atoms with Crippen LogP contribution in [0.15, 0.2) is 29.4 Å². The highest BCUT2D eigenvalue weighted by Crippen LogP contribution is 2.22. The van der Waals surface area contributed by atoms with Gasteiger partial charge >= 0.3 is 5.97 Å². The molecule has 0 aliphatic rings. The van der Waals surface area contributed by atoms with Crippen LogP contribution >= 0.6 is 0 Å². The summed E-state index contributed by atoms with van der Waals surface area (Å²) in [5.74, 6) is -0.806. The van der Waals surface area contributed by atoms with E-state index in [1.165, 1.54) is 11.4 Å². The zero-order valence-electron chi connectivity index (χ0n) is 13.1. The number of carbonyl (C=O) groups is 1. The lowest BCUT2D eigenvalue weighted by molar-refractivity contribution is 0.0510. The number of pyridine rings is 1. The van der Waals surface area contributed by atoms with Crippen molar-refractivity contribution in [3.05, 3.63) is 30.2 Å². The fraction of sp³-hybridized carbons (Fsp3) is 0.429. The Morgan fingerprint density at radius 1 is 1.48 bits per heavy atom. The number of aromatic nitrogens is 2. The lowest BCUT2D eigenvalue weighted by Crippen LogP contribution is -2.37. The number of ether oxygens (including phenoxy) is 1. The molecule has 2 aromatic rings. The molecular weight excluding hydrogens is 322 g/mol. The number of fused-ring (bicyclic) bond motifs is 1. The fourth-order valence-corrected chi connectivity index (χ4v) is 3.47. The summed E-state index contributed by atoms with van der Waals surface area (Å²) in [6.45, 7) is 3.06. The predicted octanol–water partition coefficient (Wildman–Crippen LogP) is 0.512. The minimum absolute atomic E-state index is 0.105. The number of nitrogens with zero attached hydrogens (tertiary/aromatic N) is 3. The van der Waals surface area contributed by atoms with E-state index in [1.54, 1.807) is 38.2 Å². The van der Waals surface area contributed by atoms with Crippen molar-refractivity contribution in [1.29, 1.82) is 0 Å². The second-order valence-corrected chi connectivity index (χ2v) is 6.88. The van der Waals surface area contributed by atoms with Crippen LogP contribution < -0.4 is 0 Å². The molecule has 8 nitrogen and oxygen atoms in total. The molecule has 0 bridgehead atoms. The van der Waals surface area contributed by atoms with Gasteiger partial charge in [0, 0.05) is 19.3 Å². The van der Waals surface area contributed by atoms with Crippen LogP contribution in [0.3, 0.4) is 0 Å². The number of aliphatic hydroxyl groups is 1. The van der Waals surface area contributed by atoms with Crippen LogP contribution in [-0.2, 0) is 14.8 Å². The fourth-order valence-electron chi connectivity index (χ4n) is 2.03. The molecule has 1 N–H and O–H groups in total. The van der Waals surface area contributed by atoms with Gasteiger partial charge in [-0.1, -0.05) is 6.07 Å². The molecule has 2 aromatic heterocycles. The number of sulfonamides is 1. The van der Waals surface area contributed by atoms with E-state index in [2.05, 4.69) is 4.98 Å². The molecule has 9 heteroatoms. The number of hydrogen-bond acceptors (Lipinski definition) is 6. The Hall–Kier alpha value is -1.97. The first-order chi connectivity index (χ1) is 10.8. The highest BCUT2D eigenvalue weighted by atomic mass is 32.2. The lowest BCUT2D eigenvalue weighted by Gasteiger charge is -2.21. The molecular formula is C14H19N3O5S. The van der Waals surface area contributed by atoms with Crippen molar-refractivity contribution >= 4 is 21.5 Å². The summed E-state index contributed by atoms with van der Waals surface area (Å²) in [6, 6.07) is 4.25. The maximum absolute atomic E-state index is 12.7. The van der Waals surface area contributed by atoms with Crippen LogP contribution in [0.25, 0.3) is 5.52 Å². The van der Waals surface area contributed by atoms with E-state index in [0.29, 0.717) is 0 Å². The van der Waals surface area contributed by atoms with Gasteiger partial charge in [0.15, 0.2) is 5.03 Å². The van der Waals surface area contributed by atoms with Crippen LogP contribution in [0.5, 0.6) is 0 Å². The van der Waals surface area contributed by atoms with Gasteiger partial charge < -0.3 is 9.84 Å². The molecule has 0 amide bonds. The Morgan fingerprint density at radius 3 is 2.78 bits per heavy atom. The van der Waals surface area contributed by atoms with Crippen molar-refractivity contribution in [3.8, 4) is 0 Å². The monoisotopic (exact) mass is 341 g/mol. The molecule has 0 aliphatic heterocycles. The molecule has 0 saturated carbocycles. The number of likely N-dealkylation sites (N-methyl/N-ethyl adjacent to an activating group) is 1. The topological polar surface area (TPSA) is 101 Å². The average Bonchev–Trinajstić information content (AvgIpc) is 2.94. The Kier molecular flexibility index (Phi) is 5.03. The van der Waals surface area contributed by atoms with E-state index in [-0.39, 0.29) is 29.6 Å². The van der Waals surface area contributed by atoms with Crippen LogP contribution in [0.2, 0.25) is 0 Å². The number of hydrogen-bond donors (Lipinski definition) is 1. The van der Waals surface area contributed by atoms with Gasteiger partial charge in [0.25, 0.3) is 10.0 Å². The Labute approximate surface area is 134 Å². The highest BCUT2D eigenvalue weighted by molar-refractivity contribution is 7.89. The van der Waals surface area contributed by atoms with Crippen molar-refractivity contribution in [2.24, 2.45) is 0 Å². The lowest BCUT2D eigenvalue weighted by atomic mass is 10.4. The maximum atomic E-state index is 12.7. The highest BCUT2D eigenvalue weighted by Gasteiger charge is 2.31. The molecule has 23 heavy (non-hydrogen) atoms. The largest absolute Gasteiger partial charge is 0.460 e. The van der Waals surface area contributed by atoms with Crippen molar-refractivity contribution in [1.82, 2.24) is 13.7 Å². The summed E-state index contributed by atoms with van der Waals surface area (Å²) in [5.41, 5.74) is 0.271. The molecule has 0 unspecified atom stereocenters. The predicted molar refractivity (Wildman–Crippen MR) is 82.6 cm³/mol. The standard InChI is InChI=1S/C14H19N3O5S/c1-4-22-14(19)12-15-13(11-7-5-6-8-17(11)12)23(20,21)16(3)10(2)9-18/h5-8,10,18H,4,9H2,1-3H3/t10-/m1/s1. The number of rotatable bonds is 6. The summed E-state index contributed by atoms with van der Waals surface area (Å²) < 4.78 is 32.8. The number of imidazole rings is 1. The first kappa shape index (κ1) is 17.4. The van der Waals surface area contributed by atoms with E-state index < -0.39 is 22.0 Å². The van der Waals surface area contributed by atoms with E-state index in [0.717, 1.165) is 4.31 Å². The normalized spacial score (nSPS) is 13.4. The van der Waals surface area contributed by atoms with Crippen molar-refractivity contribution in [2.75, 3.05) is 20.3 Å². The van der Waals surface area contributed by atoms with Crippen LogP contribution in [0, 0.1) is 0 Å². The quantitative estimate of drug-likeness (QED) is 0.768. The number of aliphatic hydroxyl groups excluding tert-OH is 1. The third-order valence-corrected chi connectivity index (χ3v) is 5.39. The van der Waals surface area contributed by atoms with Crippen LogP contribution in [0.4, 0.5) is 0 Å². The second-order valence-electron chi connectivity index (χ2n) is 4.97. The third-order valence-electron chi connectivity index (χ3n) is 3.48. The van der Waals surface area contributed by atoms with Crippen molar-refractivity contribution in [3.63, 3.8) is 0 Å². The number of carbonyl (C=O) groups excluding carboxylic acids is 1. The molecule has 0 spiro atoms. The van der Waals surface area contributed by atoms with E-state index in [1.807, 2.05) is 0 Å². The van der Waals surface area contributed by atoms with Gasteiger partial charge in [-0.2, -0.15) is 4.31 Å². The molecule has 0 fully saturated rings. The summed E-state index contributed by atoms with van der Waals surface area (Å²) in [6.07, 6.45) is 1.54. The second kappa shape index (κ2) is 6.65. The summed E-state index contributed by atoms with van der Waals surface area (Å²) in [7, 11) is -2.62. The minimum Gasteiger partial charge on any atom is -0.460 e. The van der Waals surface area contributed by atoms with Crippen molar-refractivity contribution in [2.45, 2.75) is 24.9 Å². The first-order valence-electron chi connectivity index (χ1n) is 7.07. The van der Waals surface area contributed by atoms with Gasteiger partial charge in [-0.15, -0.1) is 0 Å². The molecule has 0 radical (unpaired) electrons. The zero-order chi connectivity index (χ0) is 17.2. The van der Waals surface area contributed by atoms with E-state index >= 15 is 0 Å². The maximum Gasteiger partial charge on any atom is 0.374 e. The van der Waals surface area contributed by atoms with Gasteiger partial charge in [0.05, 0.1) is 18.7 Å². The Morgan fingerprint density at radius 2 is 2.17 bits per heavy atom. The van der Waals surface area contributed by atoms with E-state index in [4.69, 9.17) is 4.74 Å². The number of esters is 1. The minimum atomic E-state index is -3.97. The first-order valence-corrected chi connectivity index (χ1v) is 8.51. The molecule has 126 valence electrons. The summed E-state index contributed by atoms with van der Waals surface area (Å²) >= 11 is 0. The van der Waals surface area contributed by atoms with Gasteiger partial charge in [0.1, 0.15) is 0 Å². The molecule has 0 saturated heterocycles. The molecule has 1 atom stereocenters. The third kappa shape index (κ3) is 3.07. The van der Waals surface area contributed by atoms with Gasteiger partial charge in [0.2, 0.25) is 5.82 Å². The average molecular weight is 341 g/mol. The molecule has 0 aromatic carbocycles. The van der Waals surface area contributed by atoms with Gasteiger partial charge in [-0.25, -0.2) is 18.2 Å². The van der Waals surface area contributed by atoms with E-state index in [9.17, 15) is 18.3 Å². The van der Waals surface area contributed by atoms with Crippen LogP contribution in [-0.4, -0.2) is 59.5 Å². The van der Waals surface area contributed by atoms with Crippen molar-refractivity contribution < 1.29 is 23.1 Å².